The van der Waals surface area contributed by atoms with Crippen molar-refractivity contribution in [3.8, 4) is 11.5 Å². The Morgan fingerprint density at radius 1 is 1.06 bits per heavy atom. The summed E-state index contributed by atoms with van der Waals surface area (Å²) in [6.07, 6.45) is 2.96. The van der Waals surface area contributed by atoms with Gasteiger partial charge in [-0.05, 0) is 71.8 Å². The van der Waals surface area contributed by atoms with Crippen molar-refractivity contribution >= 4 is 43.2 Å². The summed E-state index contributed by atoms with van der Waals surface area (Å²) in [5.41, 5.74) is 0. The van der Waals surface area contributed by atoms with E-state index in [0.29, 0.717) is 29.7 Å². The predicted molar refractivity (Wildman–Crippen MR) is 122 cm³/mol. The molecule has 1 aromatic heterocycles. The van der Waals surface area contributed by atoms with E-state index in [-0.39, 0.29) is 23.8 Å². The summed E-state index contributed by atoms with van der Waals surface area (Å²) in [5, 5.41) is 2.99. The fourth-order valence-corrected chi connectivity index (χ4v) is 7.06. The summed E-state index contributed by atoms with van der Waals surface area (Å²) >= 11 is 4.48. The molecular weight excluding hydrogens is 504 g/mol. The first kappa shape index (κ1) is 22.6. The summed E-state index contributed by atoms with van der Waals surface area (Å²) in [6.45, 7) is 1.22. The van der Waals surface area contributed by atoms with E-state index in [4.69, 9.17) is 9.47 Å². The number of thiophene rings is 1. The number of hydrogen-bond acceptors (Lipinski definition) is 6. The Bertz CT molecular complexity index is 1020. The number of fused-ring (bicyclic) bond motifs is 1. The van der Waals surface area contributed by atoms with Crippen LogP contribution in [-0.4, -0.2) is 40.1 Å². The van der Waals surface area contributed by atoms with Gasteiger partial charge in [-0.3, -0.25) is 4.79 Å². The minimum atomic E-state index is -3.48. The van der Waals surface area contributed by atoms with Crippen molar-refractivity contribution in [2.45, 2.75) is 36.0 Å². The first-order valence-corrected chi connectivity index (χ1v) is 13.4. The molecule has 1 amide bonds. The molecular formula is C21H25BrN2O5S2. The molecule has 1 saturated carbocycles. The highest BCUT2D eigenvalue weighted by Gasteiger charge is 2.29. The van der Waals surface area contributed by atoms with Gasteiger partial charge in [-0.15, -0.1) is 11.3 Å². The Kier molecular flexibility index (Phi) is 7.20. The van der Waals surface area contributed by atoms with Crippen LogP contribution in [0.3, 0.4) is 0 Å². The van der Waals surface area contributed by atoms with Gasteiger partial charge >= 0.3 is 0 Å². The maximum atomic E-state index is 12.6. The minimum absolute atomic E-state index is 0.0323. The Morgan fingerprint density at radius 2 is 1.81 bits per heavy atom. The standard InChI is InChI=1S/C21H25BrN2O5S2/c22-19-9-10-20(30-19)31(26,27)24-11-14-5-7-15(8-6-14)21(25)23-12-16-13-28-17-3-1-2-4-18(17)29-16/h1-4,9-10,14-16,24H,5-8,11-13H2,(H,23,25)/t14?,15?,16-/m0/s1. The van der Waals surface area contributed by atoms with Crippen LogP contribution in [-0.2, 0) is 14.8 Å². The molecule has 0 unspecified atom stereocenters. The largest absolute Gasteiger partial charge is 0.486 e. The summed E-state index contributed by atoms with van der Waals surface area (Å²) in [7, 11) is -3.48. The Labute approximate surface area is 194 Å². The number of hydrogen-bond donors (Lipinski definition) is 2. The SMILES string of the molecule is O=C(NC[C@H]1COc2ccccc2O1)C1CCC(CNS(=O)(=O)c2ccc(Br)s2)CC1. The molecule has 31 heavy (non-hydrogen) atoms. The lowest BCUT2D eigenvalue weighted by molar-refractivity contribution is -0.126. The zero-order valence-corrected chi connectivity index (χ0v) is 20.1. The second-order valence-corrected chi connectivity index (χ2v) is 12.3. The van der Waals surface area contributed by atoms with Crippen LogP contribution in [0.5, 0.6) is 11.5 Å². The highest BCUT2D eigenvalue weighted by Crippen LogP contribution is 2.32. The lowest BCUT2D eigenvalue weighted by Crippen LogP contribution is -2.43. The third-order valence-corrected chi connectivity index (χ3v) is 9.20. The number of carbonyl (C=O) groups is 1. The van der Waals surface area contributed by atoms with Crippen molar-refractivity contribution in [3.63, 3.8) is 0 Å². The molecule has 1 aliphatic carbocycles. The predicted octanol–water partition coefficient (Wildman–Crippen LogP) is 3.55. The smallest absolute Gasteiger partial charge is 0.250 e. The van der Waals surface area contributed by atoms with Gasteiger partial charge in [-0.25, -0.2) is 13.1 Å². The van der Waals surface area contributed by atoms with Crippen LogP contribution in [0.4, 0.5) is 0 Å². The quantitative estimate of drug-likeness (QED) is 0.573. The van der Waals surface area contributed by atoms with Crippen molar-refractivity contribution < 1.29 is 22.7 Å². The molecule has 0 bridgehead atoms. The van der Waals surface area contributed by atoms with Crippen molar-refractivity contribution in [2.75, 3.05) is 19.7 Å². The van der Waals surface area contributed by atoms with Gasteiger partial charge in [-0.1, -0.05) is 12.1 Å². The van der Waals surface area contributed by atoms with Gasteiger partial charge in [-0.2, -0.15) is 0 Å². The highest BCUT2D eigenvalue weighted by atomic mass is 79.9. The zero-order valence-electron chi connectivity index (χ0n) is 16.9. The van der Waals surface area contributed by atoms with Gasteiger partial charge in [0.05, 0.1) is 10.3 Å². The van der Waals surface area contributed by atoms with Crippen LogP contribution < -0.4 is 19.5 Å². The number of ether oxygens (including phenoxy) is 2. The number of halogens is 1. The molecule has 0 saturated heterocycles. The van der Waals surface area contributed by atoms with E-state index >= 15 is 0 Å². The zero-order chi connectivity index (χ0) is 21.8. The first-order valence-electron chi connectivity index (χ1n) is 10.3. The van der Waals surface area contributed by atoms with E-state index < -0.39 is 10.0 Å². The number of para-hydroxylation sites is 2. The number of carbonyl (C=O) groups excluding carboxylic acids is 1. The van der Waals surface area contributed by atoms with E-state index in [1.54, 1.807) is 12.1 Å². The highest BCUT2D eigenvalue weighted by molar-refractivity contribution is 9.11. The van der Waals surface area contributed by atoms with Gasteiger partial charge < -0.3 is 14.8 Å². The molecule has 1 aromatic carbocycles. The molecule has 2 N–H and O–H groups in total. The number of sulfonamides is 1. The van der Waals surface area contributed by atoms with E-state index in [2.05, 4.69) is 26.0 Å². The monoisotopic (exact) mass is 528 g/mol. The number of amides is 1. The molecule has 7 nitrogen and oxygen atoms in total. The first-order chi connectivity index (χ1) is 14.9. The molecule has 4 rings (SSSR count). The van der Waals surface area contributed by atoms with Gasteiger partial charge in [0.25, 0.3) is 0 Å². The lowest BCUT2D eigenvalue weighted by Gasteiger charge is -2.29. The summed E-state index contributed by atoms with van der Waals surface area (Å²) < 4.78 is 40.1. The van der Waals surface area contributed by atoms with E-state index in [1.165, 1.54) is 11.3 Å². The van der Waals surface area contributed by atoms with Crippen LogP contribution >= 0.6 is 27.3 Å². The molecule has 2 aromatic rings. The Hall–Kier alpha value is -1.62. The van der Waals surface area contributed by atoms with Crippen molar-refractivity contribution in [1.29, 1.82) is 0 Å². The third-order valence-electron chi connectivity index (χ3n) is 5.66. The maximum absolute atomic E-state index is 12.6. The summed E-state index contributed by atoms with van der Waals surface area (Å²) in [6, 6.07) is 10.8. The van der Waals surface area contributed by atoms with Crippen molar-refractivity contribution in [3.05, 3.63) is 40.2 Å². The van der Waals surface area contributed by atoms with Crippen molar-refractivity contribution in [1.82, 2.24) is 10.0 Å². The molecule has 1 fully saturated rings. The Balaban J connectivity index is 1.18. The van der Waals surface area contributed by atoms with E-state index in [9.17, 15) is 13.2 Å². The number of rotatable bonds is 7. The van der Waals surface area contributed by atoms with Crippen molar-refractivity contribution in [2.24, 2.45) is 11.8 Å². The van der Waals surface area contributed by atoms with Crippen LogP contribution in [0.1, 0.15) is 25.7 Å². The average molecular weight is 529 g/mol. The minimum Gasteiger partial charge on any atom is -0.486 e. The second kappa shape index (κ2) is 9.89. The fraction of sp³-hybridized carbons (Fsp3) is 0.476. The normalized spacial score (nSPS) is 23.3. The third kappa shape index (κ3) is 5.79. The van der Waals surface area contributed by atoms with Gasteiger partial charge in [0.1, 0.15) is 16.9 Å². The molecule has 168 valence electrons. The maximum Gasteiger partial charge on any atom is 0.250 e. The molecule has 2 heterocycles. The van der Waals surface area contributed by atoms with Crippen LogP contribution in [0.15, 0.2) is 44.4 Å². The van der Waals surface area contributed by atoms with Crippen LogP contribution in [0.25, 0.3) is 0 Å². The van der Waals surface area contributed by atoms with Crippen LogP contribution in [0, 0.1) is 11.8 Å². The molecule has 10 heteroatoms. The van der Waals surface area contributed by atoms with Gasteiger partial charge in [0, 0.05) is 12.5 Å². The lowest BCUT2D eigenvalue weighted by atomic mass is 9.81. The molecule has 2 aliphatic rings. The van der Waals surface area contributed by atoms with E-state index in [1.807, 2.05) is 24.3 Å². The molecule has 1 aliphatic heterocycles. The molecule has 0 spiro atoms. The Morgan fingerprint density at radius 3 is 2.52 bits per heavy atom. The average Bonchev–Trinajstić information content (AvgIpc) is 3.23. The molecule has 1 atom stereocenters. The second-order valence-electron chi connectivity index (χ2n) is 7.87. The number of benzene rings is 1. The molecule has 0 radical (unpaired) electrons. The van der Waals surface area contributed by atoms with Gasteiger partial charge in [0.15, 0.2) is 11.5 Å². The summed E-state index contributed by atoms with van der Waals surface area (Å²) in [4.78, 5) is 12.6. The fourth-order valence-electron chi connectivity index (χ4n) is 3.89. The topological polar surface area (TPSA) is 93.7 Å². The van der Waals surface area contributed by atoms with Gasteiger partial charge in [0.2, 0.25) is 15.9 Å². The van der Waals surface area contributed by atoms with Crippen LogP contribution in [0.2, 0.25) is 0 Å². The summed E-state index contributed by atoms with van der Waals surface area (Å²) in [5.74, 6) is 1.66. The van der Waals surface area contributed by atoms with E-state index in [0.717, 1.165) is 35.2 Å². The number of nitrogens with one attached hydrogen (secondary N) is 2.